The van der Waals surface area contributed by atoms with Crippen molar-refractivity contribution in [2.24, 2.45) is 0 Å². The summed E-state index contributed by atoms with van der Waals surface area (Å²) in [6, 6.07) is 7.26. The molecule has 0 fully saturated rings. The van der Waals surface area contributed by atoms with E-state index in [0.717, 1.165) is 31.4 Å². The Bertz CT molecular complexity index is 677. The van der Waals surface area contributed by atoms with E-state index in [4.69, 9.17) is 48.4 Å². The second-order valence-electron chi connectivity index (χ2n) is 8.74. The molecule has 11 nitrogen and oxygen atoms in total. The molecule has 0 saturated carbocycles. The number of carbonyl (C=O) groups is 1. The van der Waals surface area contributed by atoms with Gasteiger partial charge >= 0.3 is 5.97 Å². The smallest absolute Gasteiger partial charge is 0.305 e. The highest BCUT2D eigenvalue weighted by atomic mass is 16.6. The van der Waals surface area contributed by atoms with Crippen LogP contribution in [-0.2, 0) is 42.7 Å². The van der Waals surface area contributed by atoms with E-state index in [1.807, 2.05) is 12.1 Å². The predicted molar refractivity (Wildman–Crippen MR) is 152 cm³/mol. The highest BCUT2D eigenvalue weighted by Gasteiger charge is 2.02. The van der Waals surface area contributed by atoms with Gasteiger partial charge in [0.1, 0.15) is 19.0 Å². The Hall–Kier alpha value is -1.99. The number of hydrogen-bond acceptors (Lipinski definition) is 11. The van der Waals surface area contributed by atoms with E-state index in [-0.39, 0.29) is 12.6 Å². The summed E-state index contributed by atoms with van der Waals surface area (Å²) < 4.78 is 48.8. The van der Waals surface area contributed by atoms with Crippen molar-refractivity contribution >= 4 is 11.7 Å². The van der Waals surface area contributed by atoms with E-state index >= 15 is 0 Å². The molecule has 0 spiro atoms. The minimum Gasteiger partial charge on any atom is -0.491 e. The molecule has 40 heavy (non-hydrogen) atoms. The lowest BCUT2D eigenvalue weighted by molar-refractivity contribution is -0.145. The molecule has 0 aliphatic carbocycles. The van der Waals surface area contributed by atoms with E-state index < -0.39 is 0 Å². The number of benzene rings is 1. The Morgan fingerprint density at radius 3 is 1.38 bits per heavy atom. The Labute approximate surface area is 239 Å². The van der Waals surface area contributed by atoms with Gasteiger partial charge in [0.15, 0.2) is 0 Å². The van der Waals surface area contributed by atoms with E-state index in [1.165, 1.54) is 0 Å². The zero-order chi connectivity index (χ0) is 28.8. The van der Waals surface area contributed by atoms with Crippen LogP contribution in [0.25, 0.3) is 0 Å². The summed E-state index contributed by atoms with van der Waals surface area (Å²) in [6.45, 7) is 9.71. The molecule has 0 unspecified atom stereocenters. The average Bonchev–Trinajstić information content (AvgIpc) is 2.96. The highest BCUT2D eigenvalue weighted by Crippen LogP contribution is 2.12. The summed E-state index contributed by atoms with van der Waals surface area (Å²) >= 11 is 0. The van der Waals surface area contributed by atoms with Gasteiger partial charge in [-0.25, -0.2) is 0 Å². The van der Waals surface area contributed by atoms with E-state index in [1.54, 1.807) is 12.1 Å². The first kappa shape index (κ1) is 36.0. The van der Waals surface area contributed by atoms with Crippen molar-refractivity contribution in [2.75, 3.05) is 111 Å². The first-order valence-corrected chi connectivity index (χ1v) is 14.4. The van der Waals surface area contributed by atoms with Gasteiger partial charge in [-0.05, 0) is 30.7 Å². The van der Waals surface area contributed by atoms with Crippen LogP contribution in [0.1, 0.15) is 39.0 Å². The first-order chi connectivity index (χ1) is 19.7. The summed E-state index contributed by atoms with van der Waals surface area (Å²) in [7, 11) is 0. The van der Waals surface area contributed by atoms with Gasteiger partial charge in [-0.1, -0.05) is 26.2 Å². The monoisotopic (exact) mass is 573 g/mol. The van der Waals surface area contributed by atoms with E-state index in [9.17, 15) is 4.79 Å². The minimum atomic E-state index is -0.151. The molecule has 0 bridgehead atoms. The summed E-state index contributed by atoms with van der Waals surface area (Å²) in [6.07, 6.45) is 4.77. The lowest BCUT2D eigenvalue weighted by Gasteiger charge is -2.09. The van der Waals surface area contributed by atoms with Gasteiger partial charge in [-0.15, -0.1) is 0 Å². The van der Waals surface area contributed by atoms with Crippen LogP contribution in [0.2, 0.25) is 0 Å². The van der Waals surface area contributed by atoms with Gasteiger partial charge in [0, 0.05) is 12.1 Å². The maximum Gasteiger partial charge on any atom is 0.305 e. The number of nitrogen functional groups attached to an aromatic ring is 1. The highest BCUT2D eigenvalue weighted by molar-refractivity contribution is 5.69. The molecule has 1 aromatic carbocycles. The summed E-state index contributed by atoms with van der Waals surface area (Å²) in [5.74, 6) is 0.620. The van der Waals surface area contributed by atoms with Gasteiger partial charge in [-0.3, -0.25) is 4.79 Å². The second-order valence-corrected chi connectivity index (χ2v) is 8.74. The lowest BCUT2D eigenvalue weighted by atomic mass is 10.2. The molecule has 2 N–H and O–H groups in total. The third-order valence-corrected chi connectivity index (χ3v) is 5.33. The Kier molecular flexibility index (Phi) is 25.7. The number of nitrogens with two attached hydrogens (primary N) is 1. The van der Waals surface area contributed by atoms with Crippen molar-refractivity contribution < 1.29 is 47.4 Å². The third kappa shape index (κ3) is 25.0. The number of unbranched alkanes of at least 4 members (excludes halogenated alkanes) is 3. The van der Waals surface area contributed by atoms with Crippen molar-refractivity contribution in [1.29, 1.82) is 0 Å². The van der Waals surface area contributed by atoms with Crippen molar-refractivity contribution in [2.45, 2.75) is 39.0 Å². The fraction of sp³-hybridized carbons (Fsp3) is 0.759. The Morgan fingerprint density at radius 2 is 0.950 bits per heavy atom. The van der Waals surface area contributed by atoms with Crippen molar-refractivity contribution in [3.05, 3.63) is 24.3 Å². The molecule has 0 radical (unpaired) electrons. The van der Waals surface area contributed by atoms with Gasteiger partial charge in [-0.2, -0.15) is 0 Å². The molecule has 11 heteroatoms. The molecule has 0 aromatic heterocycles. The van der Waals surface area contributed by atoms with Crippen LogP contribution in [0.15, 0.2) is 24.3 Å². The molecular weight excluding hydrogens is 522 g/mol. The zero-order valence-electron chi connectivity index (χ0n) is 24.3. The largest absolute Gasteiger partial charge is 0.491 e. The number of hydrogen-bond donors (Lipinski definition) is 1. The van der Waals surface area contributed by atoms with Crippen LogP contribution in [-0.4, -0.2) is 112 Å². The molecule has 0 heterocycles. The van der Waals surface area contributed by atoms with Crippen LogP contribution < -0.4 is 10.5 Å². The fourth-order valence-corrected chi connectivity index (χ4v) is 3.19. The van der Waals surface area contributed by atoms with Gasteiger partial charge < -0.3 is 48.4 Å². The normalized spacial score (nSPS) is 11.1. The Balaban J connectivity index is 1.66. The van der Waals surface area contributed by atoms with E-state index in [2.05, 4.69) is 6.92 Å². The summed E-state index contributed by atoms with van der Waals surface area (Å²) in [5, 5.41) is 0. The molecule has 0 aliphatic rings. The molecule has 1 aromatic rings. The number of anilines is 1. The van der Waals surface area contributed by atoms with Crippen LogP contribution >= 0.6 is 0 Å². The van der Waals surface area contributed by atoms with Gasteiger partial charge in [0.2, 0.25) is 0 Å². The maximum absolute atomic E-state index is 11.5. The van der Waals surface area contributed by atoms with E-state index in [0.29, 0.717) is 111 Å². The topological polar surface area (TPSA) is 126 Å². The first-order valence-electron chi connectivity index (χ1n) is 14.4. The zero-order valence-corrected chi connectivity index (χ0v) is 24.3. The summed E-state index contributed by atoms with van der Waals surface area (Å²) in [5.41, 5.74) is 6.34. The fourth-order valence-electron chi connectivity index (χ4n) is 3.19. The minimum absolute atomic E-state index is 0.151. The average molecular weight is 574 g/mol. The SMILES string of the molecule is CCCCCCC(=O)OCCOCCOCCOCCOCCOCCOCCOCCOc1ccc(N)cc1. The lowest BCUT2D eigenvalue weighted by Crippen LogP contribution is -2.15. The Morgan fingerprint density at radius 1 is 0.550 bits per heavy atom. The van der Waals surface area contributed by atoms with Crippen LogP contribution in [0.3, 0.4) is 0 Å². The van der Waals surface area contributed by atoms with Crippen LogP contribution in [0.4, 0.5) is 5.69 Å². The molecule has 1 rings (SSSR count). The maximum atomic E-state index is 11.5. The molecule has 232 valence electrons. The molecular formula is C29H51NO10. The quantitative estimate of drug-likeness (QED) is 0.0828. The molecule has 0 atom stereocenters. The number of rotatable bonds is 30. The number of carbonyl (C=O) groups excluding carboxylic acids is 1. The van der Waals surface area contributed by atoms with Crippen molar-refractivity contribution in [1.82, 2.24) is 0 Å². The standard InChI is InChI=1S/C29H51NO10/c1-2-3-4-5-6-29(31)40-26-24-38-22-20-36-18-16-34-14-12-32-11-13-33-15-17-35-19-21-37-23-25-39-28-9-7-27(30)8-10-28/h7-10H,2-6,11-26,30H2,1H3. The van der Waals surface area contributed by atoms with Crippen molar-refractivity contribution in [3.8, 4) is 5.75 Å². The second kappa shape index (κ2) is 28.5. The third-order valence-electron chi connectivity index (χ3n) is 5.33. The van der Waals surface area contributed by atoms with Crippen LogP contribution in [0, 0.1) is 0 Å². The van der Waals surface area contributed by atoms with Crippen LogP contribution in [0.5, 0.6) is 5.75 Å². The summed E-state index contributed by atoms with van der Waals surface area (Å²) in [4.78, 5) is 11.5. The van der Waals surface area contributed by atoms with Gasteiger partial charge in [0.25, 0.3) is 0 Å². The number of ether oxygens (including phenoxy) is 9. The predicted octanol–water partition coefficient (Wildman–Crippen LogP) is 3.28. The molecule has 0 aliphatic heterocycles. The number of esters is 1. The molecule has 0 saturated heterocycles. The molecule has 0 amide bonds. The van der Waals surface area contributed by atoms with Gasteiger partial charge in [0.05, 0.1) is 92.5 Å². The van der Waals surface area contributed by atoms with Crippen molar-refractivity contribution in [3.63, 3.8) is 0 Å².